The Morgan fingerprint density at radius 1 is 1.17 bits per heavy atom. The Kier molecular flexibility index (Phi) is 6.45. The van der Waals surface area contributed by atoms with Crippen LogP contribution in [0.1, 0.15) is 5.56 Å². The highest BCUT2D eigenvalue weighted by Gasteiger charge is 2.26. The number of hydrazone groups is 1. The fraction of sp³-hybridized carbons (Fsp3) is 0.200. The molecule has 10 heteroatoms. The van der Waals surface area contributed by atoms with Gasteiger partial charge in [0.25, 0.3) is 0 Å². The van der Waals surface area contributed by atoms with E-state index in [1.165, 1.54) is 15.6 Å². The van der Waals surface area contributed by atoms with Crippen LogP contribution in [0.2, 0.25) is 5.02 Å². The lowest BCUT2D eigenvalue weighted by atomic mass is 10.2. The summed E-state index contributed by atoms with van der Waals surface area (Å²) in [7, 11) is -3.55. The maximum Gasteiger partial charge on any atom is 0.243 e. The Hall–Kier alpha value is -2.30. The highest BCUT2D eigenvalue weighted by Crippen LogP contribution is 2.28. The molecule has 7 nitrogen and oxygen atoms in total. The van der Waals surface area contributed by atoms with Crippen molar-refractivity contribution in [1.82, 2.24) is 9.29 Å². The topological polar surface area (TPSA) is 83.9 Å². The SMILES string of the molecule is O=S(=O)(c1cccc(-c2csc(N/N=C/c3ccc(Cl)cc3)n2)c1)N1CCOCC1. The van der Waals surface area contributed by atoms with E-state index in [1.807, 2.05) is 23.6 Å². The number of halogens is 1. The summed E-state index contributed by atoms with van der Waals surface area (Å²) in [5.41, 5.74) is 5.22. The van der Waals surface area contributed by atoms with Crippen LogP contribution >= 0.6 is 22.9 Å². The van der Waals surface area contributed by atoms with Crippen LogP contribution in [0.15, 0.2) is 63.9 Å². The van der Waals surface area contributed by atoms with Gasteiger partial charge in [0.05, 0.1) is 30.0 Å². The fourth-order valence-electron chi connectivity index (χ4n) is 2.92. The van der Waals surface area contributed by atoms with Crippen molar-refractivity contribution in [3.63, 3.8) is 0 Å². The minimum absolute atomic E-state index is 0.255. The molecule has 0 spiro atoms. The molecular formula is C20H19ClN4O3S2. The minimum atomic E-state index is -3.55. The molecule has 1 aliphatic rings. The summed E-state index contributed by atoms with van der Waals surface area (Å²) in [5.74, 6) is 0. The molecule has 2 aromatic carbocycles. The van der Waals surface area contributed by atoms with Crippen molar-refractivity contribution in [2.24, 2.45) is 5.10 Å². The third-order valence-electron chi connectivity index (χ3n) is 4.49. The standard InChI is InChI=1S/C20H19ClN4O3S2/c21-17-6-4-15(5-7-17)13-22-24-20-23-19(14-29-20)16-2-1-3-18(12-16)30(26,27)25-8-10-28-11-9-25/h1-7,12-14H,8-11H2,(H,23,24)/b22-13+. The van der Waals surface area contributed by atoms with Gasteiger partial charge in [-0.15, -0.1) is 11.3 Å². The number of aromatic nitrogens is 1. The largest absolute Gasteiger partial charge is 0.379 e. The summed E-state index contributed by atoms with van der Waals surface area (Å²) in [6, 6.07) is 14.1. The van der Waals surface area contributed by atoms with E-state index >= 15 is 0 Å². The molecule has 3 aromatic rings. The van der Waals surface area contributed by atoms with E-state index in [4.69, 9.17) is 16.3 Å². The molecular weight excluding hydrogens is 444 g/mol. The number of thiazole rings is 1. The summed E-state index contributed by atoms with van der Waals surface area (Å²) in [6.07, 6.45) is 1.67. The van der Waals surface area contributed by atoms with Gasteiger partial charge in [-0.2, -0.15) is 9.41 Å². The summed E-state index contributed by atoms with van der Waals surface area (Å²) < 4.78 is 32.5. The van der Waals surface area contributed by atoms with E-state index in [1.54, 1.807) is 36.5 Å². The van der Waals surface area contributed by atoms with Gasteiger partial charge in [-0.25, -0.2) is 13.4 Å². The molecule has 0 amide bonds. The number of hydrogen-bond acceptors (Lipinski definition) is 7. The molecule has 0 saturated carbocycles. The van der Waals surface area contributed by atoms with E-state index in [9.17, 15) is 8.42 Å². The molecule has 2 heterocycles. The van der Waals surface area contributed by atoms with Gasteiger partial charge in [-0.1, -0.05) is 35.9 Å². The van der Waals surface area contributed by atoms with Gasteiger partial charge in [-0.05, 0) is 29.8 Å². The monoisotopic (exact) mass is 462 g/mol. The Morgan fingerprint density at radius 3 is 2.70 bits per heavy atom. The van der Waals surface area contributed by atoms with Crippen molar-refractivity contribution in [3.8, 4) is 11.3 Å². The van der Waals surface area contributed by atoms with Gasteiger partial charge in [-0.3, -0.25) is 5.43 Å². The first kappa shape index (κ1) is 21.0. The van der Waals surface area contributed by atoms with Crippen molar-refractivity contribution in [2.75, 3.05) is 31.7 Å². The van der Waals surface area contributed by atoms with Crippen molar-refractivity contribution in [2.45, 2.75) is 4.90 Å². The van der Waals surface area contributed by atoms with Crippen LogP contribution in [0.25, 0.3) is 11.3 Å². The third kappa shape index (κ3) is 4.88. The number of nitrogens with zero attached hydrogens (tertiary/aromatic N) is 3. The molecule has 1 saturated heterocycles. The first-order valence-corrected chi connectivity index (χ1v) is 11.9. The zero-order valence-corrected chi connectivity index (χ0v) is 18.3. The number of morpholine rings is 1. The molecule has 0 atom stereocenters. The zero-order chi connectivity index (χ0) is 21.0. The lowest BCUT2D eigenvalue weighted by Gasteiger charge is -2.26. The van der Waals surface area contributed by atoms with Crippen LogP contribution in [-0.2, 0) is 14.8 Å². The second kappa shape index (κ2) is 9.23. The molecule has 156 valence electrons. The van der Waals surface area contributed by atoms with E-state index in [-0.39, 0.29) is 4.90 Å². The summed E-state index contributed by atoms with van der Waals surface area (Å²) in [5, 5.41) is 7.32. The predicted molar refractivity (Wildman–Crippen MR) is 120 cm³/mol. The Labute approximate surface area is 184 Å². The smallest absolute Gasteiger partial charge is 0.243 e. The molecule has 1 aromatic heterocycles. The number of rotatable bonds is 6. The van der Waals surface area contributed by atoms with Gasteiger partial charge < -0.3 is 4.74 Å². The van der Waals surface area contributed by atoms with Crippen LogP contribution in [-0.4, -0.2) is 50.2 Å². The Bertz CT molecular complexity index is 1140. The molecule has 1 aliphatic heterocycles. The first-order chi connectivity index (χ1) is 14.5. The second-order valence-corrected chi connectivity index (χ2v) is 9.74. The van der Waals surface area contributed by atoms with Crippen molar-refractivity contribution >= 4 is 44.3 Å². The number of nitrogens with one attached hydrogen (secondary N) is 1. The number of sulfonamides is 1. The van der Waals surface area contributed by atoms with E-state index < -0.39 is 10.0 Å². The quantitative estimate of drug-likeness (QED) is 0.443. The van der Waals surface area contributed by atoms with Crippen molar-refractivity contribution in [3.05, 3.63) is 64.5 Å². The van der Waals surface area contributed by atoms with Crippen molar-refractivity contribution in [1.29, 1.82) is 0 Å². The maximum absolute atomic E-state index is 12.9. The highest BCUT2D eigenvalue weighted by atomic mass is 35.5. The van der Waals surface area contributed by atoms with E-state index in [2.05, 4.69) is 15.5 Å². The zero-order valence-electron chi connectivity index (χ0n) is 15.9. The highest BCUT2D eigenvalue weighted by molar-refractivity contribution is 7.89. The fourth-order valence-corrected chi connectivity index (χ4v) is 5.17. The molecule has 1 N–H and O–H groups in total. The summed E-state index contributed by atoms with van der Waals surface area (Å²) in [4.78, 5) is 4.76. The second-order valence-electron chi connectivity index (χ2n) is 6.50. The molecule has 0 unspecified atom stereocenters. The van der Waals surface area contributed by atoms with Crippen LogP contribution in [0.3, 0.4) is 0 Å². The van der Waals surface area contributed by atoms with Crippen LogP contribution in [0.4, 0.5) is 5.13 Å². The first-order valence-electron chi connectivity index (χ1n) is 9.21. The third-order valence-corrected chi connectivity index (χ3v) is 7.38. The normalized spacial score (nSPS) is 15.5. The molecule has 0 bridgehead atoms. The number of anilines is 1. The Morgan fingerprint density at radius 2 is 1.93 bits per heavy atom. The van der Waals surface area contributed by atoms with Gasteiger partial charge >= 0.3 is 0 Å². The predicted octanol–water partition coefficient (Wildman–Crippen LogP) is 3.93. The van der Waals surface area contributed by atoms with Gasteiger partial charge in [0.2, 0.25) is 15.2 Å². The maximum atomic E-state index is 12.9. The molecule has 0 aliphatic carbocycles. The van der Waals surface area contributed by atoms with Gasteiger partial charge in [0.15, 0.2) is 0 Å². The molecule has 4 rings (SSSR count). The van der Waals surface area contributed by atoms with Crippen LogP contribution in [0.5, 0.6) is 0 Å². The van der Waals surface area contributed by atoms with E-state index in [0.29, 0.717) is 42.2 Å². The van der Waals surface area contributed by atoms with E-state index in [0.717, 1.165) is 11.1 Å². The average Bonchev–Trinajstić information content (AvgIpc) is 3.25. The van der Waals surface area contributed by atoms with Crippen LogP contribution < -0.4 is 5.43 Å². The lowest BCUT2D eigenvalue weighted by molar-refractivity contribution is 0.0730. The van der Waals surface area contributed by atoms with Crippen molar-refractivity contribution < 1.29 is 13.2 Å². The minimum Gasteiger partial charge on any atom is -0.379 e. The molecule has 0 radical (unpaired) electrons. The number of ether oxygens (including phenoxy) is 1. The molecule has 30 heavy (non-hydrogen) atoms. The summed E-state index contributed by atoms with van der Waals surface area (Å²) in [6.45, 7) is 1.55. The van der Waals surface area contributed by atoms with Crippen LogP contribution in [0, 0.1) is 0 Å². The molecule has 1 fully saturated rings. The lowest BCUT2D eigenvalue weighted by Crippen LogP contribution is -2.40. The summed E-state index contributed by atoms with van der Waals surface area (Å²) >= 11 is 7.26. The number of hydrogen-bond donors (Lipinski definition) is 1. The van der Waals surface area contributed by atoms with Gasteiger partial charge in [0.1, 0.15) is 0 Å². The average molecular weight is 463 g/mol. The Balaban J connectivity index is 1.48. The van der Waals surface area contributed by atoms with Gasteiger partial charge in [0, 0.05) is 29.1 Å². The number of benzene rings is 2.